The number of hydrogen-bond acceptors (Lipinski definition) is 4. The Morgan fingerprint density at radius 1 is 1.35 bits per heavy atom. The molecule has 1 aromatic rings. The van der Waals surface area contributed by atoms with Crippen LogP contribution in [0, 0.1) is 11.8 Å². The normalized spacial score (nSPS) is 23.0. The maximum absolute atomic E-state index is 12.7. The van der Waals surface area contributed by atoms with E-state index in [2.05, 4.69) is 4.74 Å². The number of aliphatic carboxylic acids is 1. The van der Waals surface area contributed by atoms with E-state index in [1.54, 1.807) is 6.92 Å². The number of carbonyl (C=O) groups is 1. The molecule has 0 spiro atoms. The Labute approximate surface area is 132 Å². The van der Waals surface area contributed by atoms with Crippen molar-refractivity contribution in [1.29, 1.82) is 0 Å². The van der Waals surface area contributed by atoms with Crippen LogP contribution < -0.4 is 4.74 Å². The maximum atomic E-state index is 12.7. The fourth-order valence-corrected chi connectivity index (χ4v) is 4.40. The van der Waals surface area contributed by atoms with Crippen LogP contribution >= 0.6 is 0 Å². The van der Waals surface area contributed by atoms with Crippen molar-refractivity contribution in [3.05, 3.63) is 24.3 Å². The summed E-state index contributed by atoms with van der Waals surface area (Å²) in [6, 6.07) is 5.09. The molecule has 1 heterocycles. The SMILES string of the molecule is CC1CC(C(=O)O)CN(S(=O)(=O)c2ccccc2OC(F)F)C1. The van der Waals surface area contributed by atoms with Gasteiger partial charge in [-0.15, -0.1) is 0 Å². The first-order chi connectivity index (χ1) is 10.7. The van der Waals surface area contributed by atoms with Crippen molar-refractivity contribution in [3.63, 3.8) is 0 Å². The first-order valence-electron chi connectivity index (χ1n) is 6.98. The molecule has 9 heteroatoms. The molecule has 1 fully saturated rings. The Kier molecular flexibility index (Phi) is 5.20. The minimum Gasteiger partial charge on any atom is -0.481 e. The number of alkyl halides is 2. The van der Waals surface area contributed by atoms with Gasteiger partial charge in [-0.3, -0.25) is 4.79 Å². The van der Waals surface area contributed by atoms with Crippen LogP contribution in [0.5, 0.6) is 5.75 Å². The van der Waals surface area contributed by atoms with Crippen LogP contribution in [0.4, 0.5) is 8.78 Å². The third-order valence-electron chi connectivity index (χ3n) is 3.66. The van der Waals surface area contributed by atoms with Gasteiger partial charge in [0.05, 0.1) is 5.92 Å². The van der Waals surface area contributed by atoms with Gasteiger partial charge in [-0.25, -0.2) is 8.42 Å². The molecule has 0 radical (unpaired) electrons. The monoisotopic (exact) mass is 349 g/mol. The van der Waals surface area contributed by atoms with Crippen LogP contribution in [0.15, 0.2) is 29.2 Å². The molecule has 1 saturated heterocycles. The smallest absolute Gasteiger partial charge is 0.387 e. The highest BCUT2D eigenvalue weighted by Gasteiger charge is 2.37. The van der Waals surface area contributed by atoms with Gasteiger partial charge in [0.15, 0.2) is 0 Å². The zero-order chi connectivity index (χ0) is 17.2. The van der Waals surface area contributed by atoms with Gasteiger partial charge in [0, 0.05) is 13.1 Å². The Bertz CT molecular complexity index is 680. The molecule has 2 unspecified atom stereocenters. The molecule has 1 N–H and O–H groups in total. The lowest BCUT2D eigenvalue weighted by Gasteiger charge is -2.34. The van der Waals surface area contributed by atoms with Crippen LogP contribution in [-0.2, 0) is 14.8 Å². The van der Waals surface area contributed by atoms with Crippen molar-refractivity contribution in [1.82, 2.24) is 4.31 Å². The zero-order valence-electron chi connectivity index (χ0n) is 12.4. The average Bonchev–Trinajstić information content (AvgIpc) is 2.46. The molecule has 128 valence electrons. The molecule has 6 nitrogen and oxygen atoms in total. The highest BCUT2D eigenvalue weighted by molar-refractivity contribution is 7.89. The number of ether oxygens (including phenoxy) is 1. The van der Waals surface area contributed by atoms with Gasteiger partial charge in [-0.2, -0.15) is 13.1 Å². The van der Waals surface area contributed by atoms with Crippen LogP contribution in [0.25, 0.3) is 0 Å². The molecule has 0 saturated carbocycles. The lowest BCUT2D eigenvalue weighted by Crippen LogP contribution is -2.45. The minimum atomic E-state index is -4.13. The molecule has 0 bridgehead atoms. The predicted octanol–water partition coefficient (Wildman–Crippen LogP) is 2.02. The standard InChI is InChI=1S/C14H17F2NO5S/c1-9-6-10(13(18)19)8-17(7-9)23(20,21)12-5-3-2-4-11(12)22-14(15)16/h2-5,9-10,14H,6-8H2,1H3,(H,18,19). The number of nitrogens with zero attached hydrogens (tertiary/aromatic N) is 1. The van der Waals surface area contributed by atoms with E-state index in [9.17, 15) is 22.0 Å². The zero-order valence-corrected chi connectivity index (χ0v) is 13.2. The molecular weight excluding hydrogens is 332 g/mol. The summed E-state index contributed by atoms with van der Waals surface area (Å²) in [5, 5.41) is 9.14. The quantitative estimate of drug-likeness (QED) is 0.879. The van der Waals surface area contributed by atoms with Crippen LogP contribution in [0.3, 0.4) is 0 Å². The van der Waals surface area contributed by atoms with Gasteiger partial charge < -0.3 is 9.84 Å². The second-order valence-corrected chi connectivity index (χ2v) is 7.43. The van der Waals surface area contributed by atoms with E-state index in [0.717, 1.165) is 10.4 Å². The summed E-state index contributed by atoms with van der Waals surface area (Å²) in [6.07, 6.45) is 0.372. The molecule has 23 heavy (non-hydrogen) atoms. The molecule has 1 aromatic carbocycles. The number of piperidine rings is 1. The highest BCUT2D eigenvalue weighted by atomic mass is 32.2. The fourth-order valence-electron chi connectivity index (χ4n) is 2.67. The largest absolute Gasteiger partial charge is 0.481 e. The molecule has 2 atom stereocenters. The lowest BCUT2D eigenvalue weighted by atomic mass is 9.92. The van der Waals surface area contributed by atoms with Crippen LogP contribution in [0.1, 0.15) is 13.3 Å². The van der Waals surface area contributed by atoms with Gasteiger partial charge in [0.2, 0.25) is 10.0 Å². The van der Waals surface area contributed by atoms with E-state index in [4.69, 9.17) is 5.11 Å². The second-order valence-electron chi connectivity index (χ2n) is 5.52. The molecule has 1 aliphatic heterocycles. The van der Waals surface area contributed by atoms with Gasteiger partial charge >= 0.3 is 12.6 Å². The van der Waals surface area contributed by atoms with Crippen LogP contribution in [0.2, 0.25) is 0 Å². The summed E-state index contributed by atoms with van der Waals surface area (Å²) in [5.41, 5.74) is 0. The molecule has 0 amide bonds. The number of halogens is 2. The van der Waals surface area contributed by atoms with Gasteiger partial charge in [-0.05, 0) is 24.5 Å². The van der Waals surface area contributed by atoms with E-state index < -0.39 is 39.2 Å². The number of benzene rings is 1. The van der Waals surface area contributed by atoms with E-state index in [-0.39, 0.29) is 19.0 Å². The van der Waals surface area contributed by atoms with Gasteiger partial charge in [0.25, 0.3) is 0 Å². The molecule has 0 aliphatic carbocycles. The Hall–Kier alpha value is -1.74. The number of carboxylic acids is 1. The predicted molar refractivity (Wildman–Crippen MR) is 76.7 cm³/mol. The molecular formula is C14H17F2NO5S. The summed E-state index contributed by atoms with van der Waals surface area (Å²) < 4.78 is 55.6. The van der Waals surface area contributed by atoms with Crippen molar-refractivity contribution in [2.24, 2.45) is 11.8 Å². The number of sulfonamides is 1. The van der Waals surface area contributed by atoms with Crippen molar-refractivity contribution in [2.75, 3.05) is 13.1 Å². The Morgan fingerprint density at radius 2 is 2.00 bits per heavy atom. The van der Waals surface area contributed by atoms with Crippen LogP contribution in [-0.4, -0.2) is 43.5 Å². The van der Waals surface area contributed by atoms with Gasteiger partial charge in [-0.1, -0.05) is 19.1 Å². The second kappa shape index (κ2) is 6.79. The summed E-state index contributed by atoms with van der Waals surface area (Å²) >= 11 is 0. The van der Waals surface area contributed by atoms with E-state index in [1.165, 1.54) is 18.2 Å². The summed E-state index contributed by atoms with van der Waals surface area (Å²) in [5.74, 6) is -2.50. The molecule has 0 aromatic heterocycles. The maximum Gasteiger partial charge on any atom is 0.387 e. The fraction of sp³-hybridized carbons (Fsp3) is 0.500. The van der Waals surface area contributed by atoms with Gasteiger partial charge in [0.1, 0.15) is 10.6 Å². The minimum absolute atomic E-state index is 0.134. The number of hydrogen-bond donors (Lipinski definition) is 1. The third kappa shape index (κ3) is 3.97. The highest BCUT2D eigenvalue weighted by Crippen LogP contribution is 2.32. The number of rotatable bonds is 5. The molecule has 1 aliphatic rings. The Morgan fingerprint density at radius 3 is 2.61 bits per heavy atom. The summed E-state index contributed by atoms with van der Waals surface area (Å²) in [7, 11) is -4.13. The topological polar surface area (TPSA) is 83.9 Å². The number of para-hydroxylation sites is 1. The summed E-state index contributed by atoms with van der Waals surface area (Å²) in [6.45, 7) is -1.46. The lowest BCUT2D eigenvalue weighted by molar-refractivity contribution is -0.143. The average molecular weight is 349 g/mol. The first kappa shape index (κ1) is 17.6. The van der Waals surface area contributed by atoms with E-state index in [1.807, 2.05) is 0 Å². The van der Waals surface area contributed by atoms with E-state index >= 15 is 0 Å². The summed E-state index contributed by atoms with van der Waals surface area (Å²) in [4.78, 5) is 10.8. The van der Waals surface area contributed by atoms with Crippen molar-refractivity contribution >= 4 is 16.0 Å². The number of carboxylic acid groups (broad SMARTS) is 1. The van der Waals surface area contributed by atoms with Crippen molar-refractivity contribution in [3.8, 4) is 5.75 Å². The van der Waals surface area contributed by atoms with Crippen molar-refractivity contribution in [2.45, 2.75) is 24.9 Å². The molecule has 2 rings (SSSR count). The Balaban J connectivity index is 2.36. The van der Waals surface area contributed by atoms with E-state index in [0.29, 0.717) is 6.42 Å². The van der Waals surface area contributed by atoms with Crippen molar-refractivity contribution < 1.29 is 31.8 Å². The first-order valence-corrected chi connectivity index (χ1v) is 8.42. The third-order valence-corrected chi connectivity index (χ3v) is 5.53.